The third-order valence-corrected chi connectivity index (χ3v) is 1.92. The van der Waals surface area contributed by atoms with E-state index in [1.807, 2.05) is 30.3 Å². The van der Waals surface area contributed by atoms with Crippen LogP contribution in [0.25, 0.3) is 0 Å². The Morgan fingerprint density at radius 3 is 2.62 bits per heavy atom. The van der Waals surface area contributed by atoms with Gasteiger partial charge in [-0.15, -0.1) is 5.11 Å². The first-order chi connectivity index (χ1) is 6.24. The van der Waals surface area contributed by atoms with E-state index in [1.165, 1.54) is 0 Å². The van der Waals surface area contributed by atoms with Crippen LogP contribution in [0, 0.1) is 11.4 Å². The number of nitrogens with zero attached hydrogens (tertiary/aromatic N) is 1. The lowest BCUT2D eigenvalue weighted by Crippen LogP contribution is -2.10. The molecular formula is C10H12N2O. The summed E-state index contributed by atoms with van der Waals surface area (Å²) in [5.41, 5.74) is 7.68. The number of benzene rings is 1. The summed E-state index contributed by atoms with van der Waals surface area (Å²) in [6, 6.07) is 9.74. The Labute approximate surface area is 77.3 Å². The fourth-order valence-electron chi connectivity index (χ4n) is 1.17. The Morgan fingerprint density at radius 2 is 2.08 bits per heavy atom. The van der Waals surface area contributed by atoms with E-state index in [2.05, 4.69) is 5.11 Å². The molecule has 0 aliphatic rings. The quantitative estimate of drug-likeness (QED) is 0.706. The van der Waals surface area contributed by atoms with Gasteiger partial charge < -0.3 is 0 Å². The van der Waals surface area contributed by atoms with Crippen LogP contribution in [0.1, 0.15) is 12.5 Å². The molecule has 1 aromatic rings. The van der Waals surface area contributed by atoms with E-state index in [9.17, 15) is 4.79 Å². The van der Waals surface area contributed by atoms with Gasteiger partial charge in [-0.25, -0.2) is 5.53 Å². The van der Waals surface area contributed by atoms with Crippen molar-refractivity contribution in [3.63, 3.8) is 0 Å². The molecule has 0 heterocycles. The first kappa shape index (κ1) is 9.58. The second-order valence-corrected chi connectivity index (χ2v) is 3.04. The van der Waals surface area contributed by atoms with E-state index in [-0.39, 0.29) is 11.8 Å². The molecule has 0 spiro atoms. The van der Waals surface area contributed by atoms with Crippen molar-refractivity contribution >= 4 is 5.91 Å². The predicted molar refractivity (Wildman–Crippen MR) is 49.5 cm³/mol. The summed E-state index contributed by atoms with van der Waals surface area (Å²) in [5, 5.41) is 2.90. The summed E-state index contributed by atoms with van der Waals surface area (Å²) in [5.74, 6) is -0.552. The highest BCUT2D eigenvalue weighted by Crippen LogP contribution is 2.09. The molecule has 0 radical (unpaired) electrons. The molecule has 0 aliphatic heterocycles. The second-order valence-electron chi connectivity index (χ2n) is 3.04. The van der Waals surface area contributed by atoms with Crippen LogP contribution < -0.4 is 0 Å². The number of hydrogen-bond acceptors (Lipinski definition) is 2. The summed E-state index contributed by atoms with van der Waals surface area (Å²) < 4.78 is 0. The van der Waals surface area contributed by atoms with Crippen LogP contribution in [-0.4, -0.2) is 5.91 Å². The third-order valence-electron chi connectivity index (χ3n) is 1.92. The van der Waals surface area contributed by atoms with Crippen molar-refractivity contribution in [1.29, 1.82) is 5.53 Å². The fourth-order valence-corrected chi connectivity index (χ4v) is 1.17. The van der Waals surface area contributed by atoms with Crippen molar-refractivity contribution in [2.45, 2.75) is 13.3 Å². The van der Waals surface area contributed by atoms with Gasteiger partial charge in [0.15, 0.2) is 0 Å². The lowest BCUT2D eigenvalue weighted by molar-refractivity contribution is -0.121. The molecule has 0 unspecified atom stereocenters. The van der Waals surface area contributed by atoms with Crippen LogP contribution in [0.2, 0.25) is 0 Å². The topological polar surface area (TPSA) is 53.3 Å². The van der Waals surface area contributed by atoms with E-state index in [0.717, 1.165) is 5.56 Å². The summed E-state index contributed by atoms with van der Waals surface area (Å²) in [6.07, 6.45) is 0.655. The van der Waals surface area contributed by atoms with Gasteiger partial charge in [-0.3, -0.25) is 4.79 Å². The van der Waals surface area contributed by atoms with E-state index in [4.69, 9.17) is 5.53 Å². The summed E-state index contributed by atoms with van der Waals surface area (Å²) in [4.78, 5) is 11.0. The van der Waals surface area contributed by atoms with Gasteiger partial charge in [0.2, 0.25) is 0 Å². The largest absolute Gasteiger partial charge is 0.271 e. The maximum absolute atomic E-state index is 11.0. The van der Waals surface area contributed by atoms with Gasteiger partial charge in [0.1, 0.15) is 0 Å². The lowest BCUT2D eigenvalue weighted by Gasteiger charge is -2.05. The third kappa shape index (κ3) is 2.78. The van der Waals surface area contributed by atoms with E-state index in [1.54, 1.807) is 6.92 Å². The van der Waals surface area contributed by atoms with Crippen molar-refractivity contribution in [3.8, 4) is 0 Å². The zero-order chi connectivity index (χ0) is 9.68. The van der Waals surface area contributed by atoms with Crippen LogP contribution in [0.3, 0.4) is 0 Å². The van der Waals surface area contributed by atoms with Gasteiger partial charge in [0, 0.05) is 5.92 Å². The van der Waals surface area contributed by atoms with Crippen LogP contribution in [0.4, 0.5) is 0 Å². The van der Waals surface area contributed by atoms with Crippen LogP contribution in [0.5, 0.6) is 0 Å². The van der Waals surface area contributed by atoms with Gasteiger partial charge >= 0.3 is 0 Å². The maximum atomic E-state index is 11.0. The highest BCUT2D eigenvalue weighted by molar-refractivity contribution is 5.78. The van der Waals surface area contributed by atoms with Crippen LogP contribution in [-0.2, 0) is 11.2 Å². The smallest absolute Gasteiger partial charge is 0.267 e. The highest BCUT2D eigenvalue weighted by Gasteiger charge is 2.11. The number of hydrogen-bond donors (Lipinski definition) is 1. The van der Waals surface area contributed by atoms with Crippen LogP contribution >= 0.6 is 0 Å². The minimum Gasteiger partial charge on any atom is -0.271 e. The standard InChI is InChI=1S/C10H12N2O/c1-8(10(13)12-11)7-9-5-3-2-4-6-9/h2-6,8,11H,7H2,1H3/t8-/m0/s1. The van der Waals surface area contributed by atoms with E-state index >= 15 is 0 Å². The molecule has 1 rings (SSSR count). The molecule has 0 aromatic heterocycles. The first-order valence-electron chi connectivity index (χ1n) is 4.19. The minimum atomic E-state index is -0.358. The summed E-state index contributed by atoms with van der Waals surface area (Å²) in [6.45, 7) is 1.79. The van der Waals surface area contributed by atoms with Crippen LogP contribution in [0.15, 0.2) is 35.4 Å². The molecule has 0 aliphatic carbocycles. The molecule has 0 fully saturated rings. The average Bonchev–Trinajstić information content (AvgIpc) is 2.18. The van der Waals surface area contributed by atoms with Crippen molar-refractivity contribution in [3.05, 3.63) is 35.9 Å². The number of nitrogens with one attached hydrogen (secondary N) is 1. The summed E-state index contributed by atoms with van der Waals surface area (Å²) >= 11 is 0. The Hall–Kier alpha value is -1.51. The zero-order valence-corrected chi connectivity index (χ0v) is 7.53. The monoisotopic (exact) mass is 176 g/mol. The second kappa shape index (κ2) is 4.50. The van der Waals surface area contributed by atoms with Crippen molar-refractivity contribution in [1.82, 2.24) is 0 Å². The molecule has 1 N–H and O–H groups in total. The molecule has 1 amide bonds. The molecule has 13 heavy (non-hydrogen) atoms. The van der Waals surface area contributed by atoms with E-state index in [0.29, 0.717) is 6.42 Å². The van der Waals surface area contributed by atoms with Crippen molar-refractivity contribution < 1.29 is 4.79 Å². The van der Waals surface area contributed by atoms with Crippen molar-refractivity contribution in [2.75, 3.05) is 0 Å². The molecule has 3 nitrogen and oxygen atoms in total. The Kier molecular flexibility index (Phi) is 3.31. The maximum Gasteiger partial charge on any atom is 0.267 e. The predicted octanol–water partition coefficient (Wildman–Crippen LogP) is 2.42. The lowest BCUT2D eigenvalue weighted by atomic mass is 10.0. The number of carbonyl (C=O) groups excluding carboxylic acids is 1. The van der Waals surface area contributed by atoms with Gasteiger partial charge in [0.25, 0.3) is 5.91 Å². The number of carbonyl (C=O) groups is 1. The molecule has 0 saturated heterocycles. The molecule has 68 valence electrons. The fraction of sp³-hybridized carbons (Fsp3) is 0.300. The Balaban J connectivity index is 2.60. The summed E-state index contributed by atoms with van der Waals surface area (Å²) in [7, 11) is 0. The van der Waals surface area contributed by atoms with Gasteiger partial charge in [-0.1, -0.05) is 37.3 Å². The van der Waals surface area contributed by atoms with Gasteiger partial charge in [0.05, 0.1) is 0 Å². The van der Waals surface area contributed by atoms with Gasteiger partial charge in [-0.05, 0) is 12.0 Å². The average molecular weight is 176 g/mol. The normalized spacial score (nSPS) is 12.1. The molecule has 0 bridgehead atoms. The van der Waals surface area contributed by atoms with Crippen molar-refractivity contribution in [2.24, 2.45) is 11.0 Å². The number of amides is 1. The Morgan fingerprint density at radius 1 is 1.46 bits per heavy atom. The molecule has 3 heteroatoms. The van der Waals surface area contributed by atoms with E-state index < -0.39 is 0 Å². The Bertz CT molecular complexity index is 295. The molecular weight excluding hydrogens is 164 g/mol. The first-order valence-corrected chi connectivity index (χ1v) is 4.19. The zero-order valence-electron chi connectivity index (χ0n) is 7.53. The molecule has 1 aromatic carbocycles. The highest BCUT2D eigenvalue weighted by atomic mass is 16.1. The van der Waals surface area contributed by atoms with Gasteiger partial charge in [-0.2, -0.15) is 0 Å². The minimum absolute atomic E-state index is 0.195. The number of rotatable bonds is 3. The molecule has 0 saturated carbocycles. The molecule has 1 atom stereocenters. The SMILES string of the molecule is C[C@@H](Cc1ccccc1)C(=O)N=N.